The summed E-state index contributed by atoms with van der Waals surface area (Å²) in [5.74, 6) is -1.38. The Morgan fingerprint density at radius 2 is 2.12 bits per heavy atom. The van der Waals surface area contributed by atoms with E-state index in [9.17, 15) is 19.2 Å². The first-order valence-electron chi connectivity index (χ1n) is 8.13. The minimum Gasteiger partial charge on any atom is -0.453 e. The van der Waals surface area contributed by atoms with Crippen molar-refractivity contribution in [2.24, 2.45) is 0 Å². The van der Waals surface area contributed by atoms with Crippen LogP contribution in [0.15, 0.2) is 18.2 Å². The van der Waals surface area contributed by atoms with Gasteiger partial charge in [-0.2, -0.15) is 0 Å². The molecule has 0 radical (unpaired) electrons. The van der Waals surface area contributed by atoms with Gasteiger partial charge in [-0.15, -0.1) is 0 Å². The number of urea groups is 1. The Balaban J connectivity index is 1.77. The van der Waals surface area contributed by atoms with Crippen molar-refractivity contribution >= 4 is 41.1 Å². The molecular formula is C17H20ClN3O5. The van der Waals surface area contributed by atoms with Crippen molar-refractivity contribution in [3.05, 3.63) is 28.8 Å². The van der Waals surface area contributed by atoms with Crippen molar-refractivity contribution in [1.82, 2.24) is 10.2 Å². The van der Waals surface area contributed by atoms with Crippen LogP contribution in [0.1, 0.15) is 25.3 Å². The molecule has 2 N–H and O–H groups in total. The van der Waals surface area contributed by atoms with Gasteiger partial charge in [0.05, 0.1) is 6.54 Å². The van der Waals surface area contributed by atoms with Crippen molar-refractivity contribution in [2.45, 2.75) is 32.8 Å². The largest absolute Gasteiger partial charge is 0.453 e. The first-order valence-corrected chi connectivity index (χ1v) is 8.51. The summed E-state index contributed by atoms with van der Waals surface area (Å²) in [6, 6.07) is 4.65. The van der Waals surface area contributed by atoms with E-state index in [0.29, 0.717) is 10.7 Å². The second-order valence-corrected chi connectivity index (χ2v) is 6.25. The lowest BCUT2D eigenvalue weighted by Crippen LogP contribution is -2.33. The van der Waals surface area contributed by atoms with E-state index in [4.69, 9.17) is 16.3 Å². The van der Waals surface area contributed by atoms with Gasteiger partial charge in [-0.25, -0.2) is 4.79 Å². The number of carbonyl (C=O) groups excluding carboxylic acids is 4. The molecule has 1 aliphatic heterocycles. The van der Waals surface area contributed by atoms with E-state index in [0.717, 1.165) is 10.5 Å². The minimum absolute atomic E-state index is 0.00905. The maximum absolute atomic E-state index is 12.1. The molecule has 1 saturated heterocycles. The highest BCUT2D eigenvalue weighted by molar-refractivity contribution is 6.31. The molecule has 0 bridgehead atoms. The molecule has 1 atom stereocenters. The van der Waals surface area contributed by atoms with E-state index in [-0.39, 0.29) is 31.8 Å². The number of anilines is 1. The number of hydrogen-bond donors (Lipinski definition) is 2. The lowest BCUT2D eigenvalue weighted by molar-refractivity contribution is -0.153. The molecule has 0 aliphatic carbocycles. The standard InChI is InChI=1S/C17H20ClN3O5/c1-10-12(18)5-3-6-13(10)20-16(24)11(2)26-15(23)7-4-8-21-14(22)9-19-17(21)25/h3,5-6,11H,4,7-9H2,1-2H3,(H,19,25)(H,20,24)/t11-/m0/s1. The second kappa shape index (κ2) is 8.66. The van der Waals surface area contributed by atoms with Gasteiger partial charge in [-0.3, -0.25) is 19.3 Å². The summed E-state index contributed by atoms with van der Waals surface area (Å²) in [7, 11) is 0. The smallest absolute Gasteiger partial charge is 0.324 e. The number of ether oxygens (including phenoxy) is 1. The minimum atomic E-state index is -0.988. The van der Waals surface area contributed by atoms with Gasteiger partial charge in [0.15, 0.2) is 6.10 Å². The zero-order chi connectivity index (χ0) is 19.3. The predicted molar refractivity (Wildman–Crippen MR) is 94.7 cm³/mol. The summed E-state index contributed by atoms with van der Waals surface area (Å²) in [5, 5.41) is 5.58. The van der Waals surface area contributed by atoms with E-state index in [2.05, 4.69) is 10.6 Å². The summed E-state index contributed by atoms with van der Waals surface area (Å²) in [5.41, 5.74) is 1.26. The normalized spacial score (nSPS) is 14.8. The summed E-state index contributed by atoms with van der Waals surface area (Å²) < 4.78 is 5.08. The molecule has 0 spiro atoms. The molecule has 1 aromatic rings. The van der Waals surface area contributed by atoms with Crippen LogP contribution < -0.4 is 10.6 Å². The highest BCUT2D eigenvalue weighted by Gasteiger charge is 2.28. The molecule has 2 rings (SSSR count). The third-order valence-corrected chi connectivity index (χ3v) is 4.31. The molecule has 1 fully saturated rings. The Morgan fingerprint density at radius 3 is 2.77 bits per heavy atom. The monoisotopic (exact) mass is 381 g/mol. The molecule has 4 amide bonds. The number of nitrogens with one attached hydrogen (secondary N) is 2. The van der Waals surface area contributed by atoms with E-state index >= 15 is 0 Å². The number of nitrogens with zero attached hydrogens (tertiary/aromatic N) is 1. The van der Waals surface area contributed by atoms with Crippen LogP contribution in [0.25, 0.3) is 0 Å². The van der Waals surface area contributed by atoms with Gasteiger partial charge in [0.1, 0.15) is 0 Å². The van der Waals surface area contributed by atoms with Gasteiger partial charge < -0.3 is 15.4 Å². The van der Waals surface area contributed by atoms with Crippen LogP contribution in [-0.4, -0.2) is 47.9 Å². The maximum Gasteiger partial charge on any atom is 0.324 e. The van der Waals surface area contributed by atoms with Gasteiger partial charge in [0.2, 0.25) is 5.91 Å². The fraction of sp³-hybridized carbons (Fsp3) is 0.412. The topological polar surface area (TPSA) is 105 Å². The number of carbonyl (C=O) groups is 4. The number of rotatable bonds is 7. The first-order chi connectivity index (χ1) is 12.3. The molecule has 0 unspecified atom stereocenters. The third-order valence-electron chi connectivity index (χ3n) is 3.90. The van der Waals surface area contributed by atoms with Gasteiger partial charge >= 0.3 is 12.0 Å². The average Bonchev–Trinajstić information content (AvgIpc) is 2.90. The zero-order valence-electron chi connectivity index (χ0n) is 14.5. The Labute approximate surface area is 155 Å². The molecule has 0 aromatic heterocycles. The quantitative estimate of drug-likeness (QED) is 0.554. The number of esters is 1. The van der Waals surface area contributed by atoms with E-state index < -0.39 is 24.0 Å². The summed E-state index contributed by atoms with van der Waals surface area (Å²) >= 11 is 6.00. The highest BCUT2D eigenvalue weighted by Crippen LogP contribution is 2.23. The van der Waals surface area contributed by atoms with Crippen LogP contribution in [0.4, 0.5) is 10.5 Å². The van der Waals surface area contributed by atoms with Gasteiger partial charge in [-0.1, -0.05) is 17.7 Å². The number of imide groups is 1. The molecule has 0 saturated carbocycles. The SMILES string of the molecule is Cc1c(Cl)cccc1NC(=O)[C@H](C)OC(=O)CCCN1C(=O)CNC1=O. The highest BCUT2D eigenvalue weighted by atomic mass is 35.5. The Hall–Kier alpha value is -2.61. The summed E-state index contributed by atoms with van der Waals surface area (Å²) in [4.78, 5) is 47.8. The fourth-order valence-electron chi connectivity index (χ4n) is 2.35. The Bertz CT molecular complexity index is 721. The third kappa shape index (κ3) is 4.95. The van der Waals surface area contributed by atoms with Crippen molar-refractivity contribution in [2.75, 3.05) is 18.4 Å². The summed E-state index contributed by atoms with van der Waals surface area (Å²) in [6.45, 7) is 3.33. The van der Waals surface area contributed by atoms with Gasteiger partial charge in [0.25, 0.3) is 5.91 Å². The van der Waals surface area contributed by atoms with Crippen LogP contribution in [-0.2, 0) is 19.1 Å². The summed E-state index contributed by atoms with van der Waals surface area (Å²) in [6.07, 6.45) is -0.734. The molecular weight excluding hydrogens is 362 g/mol. The number of hydrogen-bond acceptors (Lipinski definition) is 5. The molecule has 140 valence electrons. The van der Waals surface area contributed by atoms with Crippen LogP contribution in [0, 0.1) is 6.92 Å². The molecule has 8 nitrogen and oxygen atoms in total. The van der Waals surface area contributed by atoms with E-state index in [1.54, 1.807) is 25.1 Å². The van der Waals surface area contributed by atoms with Crippen molar-refractivity contribution < 1.29 is 23.9 Å². The lowest BCUT2D eigenvalue weighted by Gasteiger charge is -2.16. The van der Waals surface area contributed by atoms with Gasteiger partial charge in [0, 0.05) is 23.7 Å². The van der Waals surface area contributed by atoms with Crippen LogP contribution >= 0.6 is 11.6 Å². The first kappa shape index (κ1) is 19.7. The van der Waals surface area contributed by atoms with Crippen LogP contribution in [0.5, 0.6) is 0 Å². The van der Waals surface area contributed by atoms with E-state index in [1.807, 2.05) is 0 Å². The molecule has 1 aromatic carbocycles. The Morgan fingerprint density at radius 1 is 1.38 bits per heavy atom. The van der Waals surface area contributed by atoms with Gasteiger partial charge in [-0.05, 0) is 38.0 Å². The average molecular weight is 382 g/mol. The van der Waals surface area contributed by atoms with Crippen molar-refractivity contribution in [3.8, 4) is 0 Å². The molecule has 26 heavy (non-hydrogen) atoms. The number of halogens is 1. The zero-order valence-corrected chi connectivity index (χ0v) is 15.3. The molecule has 1 heterocycles. The van der Waals surface area contributed by atoms with E-state index in [1.165, 1.54) is 6.92 Å². The van der Waals surface area contributed by atoms with Crippen LogP contribution in [0.3, 0.4) is 0 Å². The van der Waals surface area contributed by atoms with Crippen molar-refractivity contribution in [1.29, 1.82) is 0 Å². The lowest BCUT2D eigenvalue weighted by atomic mass is 10.2. The predicted octanol–water partition coefficient (Wildman–Crippen LogP) is 1.85. The molecule has 1 aliphatic rings. The number of benzene rings is 1. The maximum atomic E-state index is 12.1. The fourth-order valence-corrected chi connectivity index (χ4v) is 2.52. The molecule has 9 heteroatoms. The Kier molecular flexibility index (Phi) is 6.57. The van der Waals surface area contributed by atoms with Crippen LogP contribution in [0.2, 0.25) is 5.02 Å². The van der Waals surface area contributed by atoms with Crippen molar-refractivity contribution in [3.63, 3.8) is 0 Å². The second-order valence-electron chi connectivity index (χ2n) is 5.84. The number of amides is 4.